The SMILES string of the molecule is CN(CC=C(C#Cc1ccc([N+](=O)[O-])cc1)c1ccccc1)CC(=O)O. The van der Waals surface area contributed by atoms with E-state index in [9.17, 15) is 14.9 Å². The van der Waals surface area contributed by atoms with Crippen LogP contribution in [-0.4, -0.2) is 41.0 Å². The lowest BCUT2D eigenvalue weighted by Gasteiger charge is -2.11. The van der Waals surface area contributed by atoms with Crippen LogP contribution in [-0.2, 0) is 4.79 Å². The summed E-state index contributed by atoms with van der Waals surface area (Å²) in [5.74, 6) is 5.19. The first-order chi connectivity index (χ1) is 12.5. The van der Waals surface area contributed by atoms with Crippen molar-refractivity contribution in [2.75, 3.05) is 20.1 Å². The number of nitro benzene ring substituents is 1. The number of rotatable bonds is 6. The van der Waals surface area contributed by atoms with E-state index in [0.717, 1.165) is 11.1 Å². The Morgan fingerprint density at radius 3 is 2.42 bits per heavy atom. The molecule has 0 heterocycles. The Kier molecular flexibility index (Phi) is 6.66. The Labute approximate surface area is 151 Å². The largest absolute Gasteiger partial charge is 0.480 e. The van der Waals surface area contributed by atoms with Crippen LogP contribution < -0.4 is 0 Å². The van der Waals surface area contributed by atoms with Gasteiger partial charge in [-0.25, -0.2) is 0 Å². The minimum atomic E-state index is -0.890. The maximum Gasteiger partial charge on any atom is 0.317 e. The topological polar surface area (TPSA) is 83.7 Å². The van der Waals surface area contributed by atoms with Gasteiger partial charge in [0.25, 0.3) is 5.69 Å². The molecule has 0 radical (unpaired) electrons. The number of allylic oxidation sites excluding steroid dienone is 1. The van der Waals surface area contributed by atoms with Gasteiger partial charge in [-0.3, -0.25) is 19.8 Å². The summed E-state index contributed by atoms with van der Waals surface area (Å²) >= 11 is 0. The van der Waals surface area contributed by atoms with Crippen LogP contribution in [0.15, 0.2) is 60.7 Å². The van der Waals surface area contributed by atoms with Gasteiger partial charge in [-0.1, -0.05) is 48.2 Å². The molecule has 2 rings (SSSR count). The minimum Gasteiger partial charge on any atom is -0.480 e. The predicted octanol–water partition coefficient (Wildman–Crippen LogP) is 3.05. The van der Waals surface area contributed by atoms with Gasteiger partial charge in [0.15, 0.2) is 0 Å². The fraction of sp³-hybridized carbons (Fsp3) is 0.150. The third-order valence-corrected chi connectivity index (χ3v) is 3.52. The molecule has 0 aliphatic rings. The normalized spacial score (nSPS) is 10.9. The summed E-state index contributed by atoms with van der Waals surface area (Å²) in [4.78, 5) is 22.7. The van der Waals surface area contributed by atoms with Gasteiger partial charge in [-0.05, 0) is 24.7 Å². The van der Waals surface area contributed by atoms with Crippen molar-refractivity contribution in [2.24, 2.45) is 0 Å². The molecule has 0 amide bonds. The van der Waals surface area contributed by atoms with Crippen molar-refractivity contribution in [1.29, 1.82) is 0 Å². The molecule has 0 spiro atoms. The third kappa shape index (κ3) is 5.89. The van der Waals surface area contributed by atoms with Crippen molar-refractivity contribution in [3.05, 3.63) is 81.9 Å². The summed E-state index contributed by atoms with van der Waals surface area (Å²) in [5, 5.41) is 19.5. The van der Waals surface area contributed by atoms with Crippen LogP contribution in [0.4, 0.5) is 5.69 Å². The van der Waals surface area contributed by atoms with Crippen LogP contribution in [0, 0.1) is 22.0 Å². The Morgan fingerprint density at radius 1 is 1.19 bits per heavy atom. The van der Waals surface area contributed by atoms with Gasteiger partial charge >= 0.3 is 5.97 Å². The Morgan fingerprint density at radius 2 is 1.85 bits per heavy atom. The zero-order valence-corrected chi connectivity index (χ0v) is 14.3. The smallest absolute Gasteiger partial charge is 0.317 e. The number of carboxylic acids is 1. The van der Waals surface area contributed by atoms with Crippen LogP contribution >= 0.6 is 0 Å². The second kappa shape index (κ2) is 9.16. The molecule has 0 saturated heterocycles. The maximum absolute atomic E-state index is 10.8. The summed E-state index contributed by atoms with van der Waals surface area (Å²) in [6, 6.07) is 15.6. The zero-order valence-electron chi connectivity index (χ0n) is 14.3. The molecular weight excluding hydrogens is 332 g/mol. The predicted molar refractivity (Wildman–Crippen MR) is 99.5 cm³/mol. The lowest BCUT2D eigenvalue weighted by molar-refractivity contribution is -0.384. The number of aliphatic carboxylic acids is 1. The zero-order chi connectivity index (χ0) is 18.9. The van der Waals surface area contributed by atoms with Crippen molar-refractivity contribution in [1.82, 2.24) is 4.90 Å². The van der Waals surface area contributed by atoms with Gasteiger partial charge in [0.1, 0.15) is 0 Å². The molecule has 0 aliphatic heterocycles. The summed E-state index contributed by atoms with van der Waals surface area (Å²) < 4.78 is 0. The molecule has 0 saturated carbocycles. The van der Waals surface area contributed by atoms with Crippen LogP contribution in [0.25, 0.3) is 5.57 Å². The summed E-state index contributed by atoms with van der Waals surface area (Å²) in [5.41, 5.74) is 2.37. The lowest BCUT2D eigenvalue weighted by Crippen LogP contribution is -2.25. The van der Waals surface area contributed by atoms with E-state index in [1.165, 1.54) is 12.1 Å². The van der Waals surface area contributed by atoms with E-state index >= 15 is 0 Å². The van der Waals surface area contributed by atoms with Gasteiger partial charge in [0.2, 0.25) is 0 Å². The monoisotopic (exact) mass is 350 g/mol. The van der Waals surface area contributed by atoms with Gasteiger partial charge in [-0.2, -0.15) is 0 Å². The van der Waals surface area contributed by atoms with E-state index in [0.29, 0.717) is 12.1 Å². The number of hydrogen-bond donors (Lipinski definition) is 1. The number of carboxylic acid groups (broad SMARTS) is 1. The van der Waals surface area contributed by atoms with Gasteiger partial charge < -0.3 is 5.11 Å². The molecular formula is C20H18N2O4. The molecule has 2 aromatic rings. The fourth-order valence-corrected chi connectivity index (χ4v) is 2.21. The molecule has 0 unspecified atom stereocenters. The summed E-state index contributed by atoms with van der Waals surface area (Å²) in [7, 11) is 1.72. The quantitative estimate of drug-likeness (QED) is 0.492. The number of likely N-dealkylation sites (N-methyl/N-ethyl adjacent to an activating group) is 1. The minimum absolute atomic E-state index is 0.0182. The van der Waals surface area contributed by atoms with E-state index < -0.39 is 10.9 Å². The maximum atomic E-state index is 10.8. The highest BCUT2D eigenvalue weighted by atomic mass is 16.6. The number of benzene rings is 2. The van der Waals surface area contributed by atoms with Crippen molar-refractivity contribution in [3.63, 3.8) is 0 Å². The molecule has 0 fully saturated rings. The molecule has 2 aromatic carbocycles. The molecule has 0 atom stereocenters. The highest BCUT2D eigenvalue weighted by Crippen LogP contribution is 2.15. The Balaban J connectivity index is 2.25. The average Bonchev–Trinajstić information content (AvgIpc) is 2.62. The van der Waals surface area contributed by atoms with Crippen molar-refractivity contribution in [3.8, 4) is 11.8 Å². The fourth-order valence-electron chi connectivity index (χ4n) is 2.21. The second-order valence-corrected chi connectivity index (χ2v) is 5.63. The highest BCUT2D eigenvalue weighted by Gasteiger charge is 2.05. The summed E-state index contributed by atoms with van der Waals surface area (Å²) in [6.45, 7) is 0.375. The van der Waals surface area contributed by atoms with E-state index in [2.05, 4.69) is 11.8 Å². The number of nitrogens with zero attached hydrogens (tertiary/aromatic N) is 2. The molecule has 6 heteroatoms. The number of nitro groups is 1. The van der Waals surface area contributed by atoms with Crippen LogP contribution in [0.5, 0.6) is 0 Å². The van der Waals surface area contributed by atoms with Crippen molar-refractivity contribution in [2.45, 2.75) is 0 Å². The van der Waals surface area contributed by atoms with E-state index in [1.807, 2.05) is 36.4 Å². The second-order valence-electron chi connectivity index (χ2n) is 5.63. The average molecular weight is 350 g/mol. The standard InChI is InChI=1S/C20H18N2O4/c1-21(15-20(23)24)14-13-18(17-5-3-2-4-6-17)10-7-16-8-11-19(12-9-16)22(25)26/h2-6,8-9,11-13H,14-15H2,1H3,(H,23,24). The lowest BCUT2D eigenvalue weighted by atomic mass is 10.1. The van der Waals surface area contributed by atoms with Crippen LogP contribution in [0.2, 0.25) is 0 Å². The van der Waals surface area contributed by atoms with Gasteiger partial charge in [0, 0.05) is 29.8 Å². The first-order valence-corrected chi connectivity index (χ1v) is 7.88. The number of hydrogen-bond acceptors (Lipinski definition) is 4. The molecule has 6 nitrogen and oxygen atoms in total. The van der Waals surface area contributed by atoms with E-state index in [4.69, 9.17) is 5.11 Å². The molecule has 26 heavy (non-hydrogen) atoms. The molecule has 132 valence electrons. The van der Waals surface area contributed by atoms with Crippen LogP contribution in [0.1, 0.15) is 11.1 Å². The highest BCUT2D eigenvalue weighted by molar-refractivity contribution is 5.79. The summed E-state index contributed by atoms with van der Waals surface area (Å²) in [6.07, 6.45) is 1.87. The van der Waals surface area contributed by atoms with E-state index in [-0.39, 0.29) is 12.2 Å². The van der Waals surface area contributed by atoms with Crippen molar-refractivity contribution < 1.29 is 14.8 Å². The van der Waals surface area contributed by atoms with Crippen molar-refractivity contribution >= 4 is 17.2 Å². The Hall–Kier alpha value is -3.43. The molecule has 1 N–H and O–H groups in total. The molecule has 0 aromatic heterocycles. The van der Waals surface area contributed by atoms with E-state index in [1.54, 1.807) is 24.1 Å². The molecule has 0 bridgehead atoms. The third-order valence-electron chi connectivity index (χ3n) is 3.52. The first kappa shape index (κ1) is 18.9. The number of carbonyl (C=O) groups is 1. The van der Waals surface area contributed by atoms with Gasteiger partial charge in [-0.15, -0.1) is 0 Å². The van der Waals surface area contributed by atoms with Crippen LogP contribution in [0.3, 0.4) is 0 Å². The molecule has 0 aliphatic carbocycles. The Bertz CT molecular complexity index is 862. The number of non-ortho nitro benzene ring substituents is 1. The van der Waals surface area contributed by atoms with Gasteiger partial charge in [0.05, 0.1) is 11.5 Å². The first-order valence-electron chi connectivity index (χ1n) is 7.88.